The Kier molecular flexibility index (Phi) is 5.30. The van der Waals surface area contributed by atoms with Crippen LogP contribution in [-0.2, 0) is 4.74 Å². The average Bonchev–Trinajstić information content (AvgIpc) is 2.51. The fourth-order valence-electron chi connectivity index (χ4n) is 1.67. The Balaban J connectivity index is 1.99. The minimum Gasteiger partial charge on any atom is -0.465 e. The molecule has 0 heterocycles. The van der Waals surface area contributed by atoms with Crippen molar-refractivity contribution in [2.75, 3.05) is 17.7 Å². The number of esters is 1. The number of halogens is 2. The Hall–Kier alpha value is -2.18. The van der Waals surface area contributed by atoms with Crippen LogP contribution in [0.2, 0.25) is 5.02 Å². The molecule has 0 bridgehead atoms. The molecule has 0 amide bonds. The topological polar surface area (TPSA) is 50.4 Å². The van der Waals surface area contributed by atoms with Crippen LogP contribution in [0.4, 0.5) is 15.8 Å². The van der Waals surface area contributed by atoms with Crippen LogP contribution in [0.1, 0.15) is 10.4 Å². The van der Waals surface area contributed by atoms with E-state index in [1.165, 1.54) is 25.3 Å². The van der Waals surface area contributed by atoms with Crippen molar-refractivity contribution in [3.63, 3.8) is 0 Å². The first-order valence-corrected chi connectivity index (χ1v) is 6.99. The molecule has 0 aliphatic heterocycles. The molecule has 0 saturated carbocycles. The summed E-state index contributed by atoms with van der Waals surface area (Å²) in [6.07, 6.45) is 0. The molecule has 2 rings (SSSR count). The third-order valence-electron chi connectivity index (χ3n) is 2.74. The second-order valence-corrected chi connectivity index (χ2v) is 5.09. The van der Waals surface area contributed by atoms with Gasteiger partial charge in [0.1, 0.15) is 5.82 Å². The maximum atomic E-state index is 13.1. The maximum absolute atomic E-state index is 13.1. The lowest BCUT2D eigenvalue weighted by molar-refractivity contribution is 0.0601. The summed E-state index contributed by atoms with van der Waals surface area (Å²) < 4.78 is 17.7. The van der Waals surface area contributed by atoms with Gasteiger partial charge in [-0.15, -0.1) is 0 Å². The van der Waals surface area contributed by atoms with E-state index in [2.05, 4.69) is 15.4 Å². The van der Waals surface area contributed by atoms with Gasteiger partial charge in [-0.25, -0.2) is 9.18 Å². The van der Waals surface area contributed by atoms with E-state index in [1.54, 1.807) is 24.3 Å². The first-order valence-electron chi connectivity index (χ1n) is 6.21. The number of ether oxygens (including phenoxy) is 1. The van der Waals surface area contributed by atoms with Crippen LogP contribution in [-0.4, -0.2) is 18.2 Å². The number of thiocarbonyl (C=S) groups is 1. The molecular weight excluding hydrogens is 327 g/mol. The standard InChI is InChI=1S/C15H12ClFN2O2S/c1-21-14(20)9-2-4-10(5-3-9)18-15(22)19-11-6-7-13(17)12(16)8-11/h2-8H,1H3,(H2,18,19,22). The highest BCUT2D eigenvalue weighted by atomic mass is 35.5. The zero-order valence-electron chi connectivity index (χ0n) is 11.5. The molecule has 0 unspecified atom stereocenters. The van der Waals surface area contributed by atoms with Crippen LogP contribution in [0.5, 0.6) is 0 Å². The Labute approximate surface area is 137 Å². The van der Waals surface area contributed by atoms with Crippen LogP contribution >= 0.6 is 23.8 Å². The normalized spacial score (nSPS) is 9.95. The average molecular weight is 339 g/mol. The molecule has 4 nitrogen and oxygen atoms in total. The van der Waals surface area contributed by atoms with Crippen molar-refractivity contribution in [2.45, 2.75) is 0 Å². The van der Waals surface area contributed by atoms with Crippen molar-refractivity contribution in [1.82, 2.24) is 0 Å². The van der Waals surface area contributed by atoms with Gasteiger partial charge < -0.3 is 15.4 Å². The fraction of sp³-hybridized carbons (Fsp3) is 0.0667. The Morgan fingerprint density at radius 3 is 2.32 bits per heavy atom. The lowest BCUT2D eigenvalue weighted by Crippen LogP contribution is -2.19. The minimum atomic E-state index is -0.496. The summed E-state index contributed by atoms with van der Waals surface area (Å²) in [4.78, 5) is 11.3. The second kappa shape index (κ2) is 7.20. The second-order valence-electron chi connectivity index (χ2n) is 4.28. The quantitative estimate of drug-likeness (QED) is 0.652. The first-order chi connectivity index (χ1) is 10.5. The van der Waals surface area contributed by atoms with E-state index >= 15 is 0 Å². The highest BCUT2D eigenvalue weighted by molar-refractivity contribution is 7.80. The van der Waals surface area contributed by atoms with E-state index < -0.39 is 11.8 Å². The minimum absolute atomic E-state index is 0.00947. The molecule has 114 valence electrons. The molecular formula is C15H12ClFN2O2S. The molecule has 7 heteroatoms. The molecule has 0 atom stereocenters. The van der Waals surface area contributed by atoms with E-state index in [1.807, 2.05) is 0 Å². The summed E-state index contributed by atoms with van der Waals surface area (Å²) in [5, 5.41) is 6.15. The summed E-state index contributed by atoms with van der Waals surface area (Å²) in [5.41, 5.74) is 1.70. The predicted octanol–water partition coefficient (Wildman–Crippen LogP) is 4.07. The number of carbonyl (C=O) groups excluding carboxylic acids is 1. The highest BCUT2D eigenvalue weighted by Gasteiger charge is 2.06. The van der Waals surface area contributed by atoms with E-state index in [4.69, 9.17) is 23.8 Å². The molecule has 0 saturated heterocycles. The van der Waals surface area contributed by atoms with Crippen molar-refractivity contribution in [2.24, 2.45) is 0 Å². The third-order valence-corrected chi connectivity index (χ3v) is 3.24. The largest absolute Gasteiger partial charge is 0.465 e. The zero-order chi connectivity index (χ0) is 16.1. The molecule has 0 radical (unpaired) electrons. The zero-order valence-corrected chi connectivity index (χ0v) is 13.1. The van der Waals surface area contributed by atoms with Crippen LogP contribution < -0.4 is 10.6 Å². The van der Waals surface area contributed by atoms with Gasteiger partial charge in [0.15, 0.2) is 5.11 Å². The molecule has 0 fully saturated rings. The molecule has 2 aromatic carbocycles. The molecule has 0 aromatic heterocycles. The molecule has 0 aliphatic rings. The number of nitrogens with one attached hydrogen (secondary N) is 2. The lowest BCUT2D eigenvalue weighted by Gasteiger charge is -2.11. The summed E-state index contributed by atoms with van der Waals surface area (Å²) >= 11 is 10.8. The van der Waals surface area contributed by atoms with E-state index in [9.17, 15) is 9.18 Å². The van der Waals surface area contributed by atoms with Gasteiger partial charge >= 0.3 is 5.97 Å². The SMILES string of the molecule is COC(=O)c1ccc(NC(=S)Nc2ccc(F)c(Cl)c2)cc1. The summed E-state index contributed by atoms with van der Waals surface area (Å²) in [7, 11) is 1.32. The molecule has 22 heavy (non-hydrogen) atoms. The Bertz CT molecular complexity index is 707. The van der Waals surface area contributed by atoms with Crippen molar-refractivity contribution in [1.29, 1.82) is 0 Å². The number of benzene rings is 2. The number of rotatable bonds is 3. The number of hydrogen-bond acceptors (Lipinski definition) is 3. The van der Waals surface area contributed by atoms with Crippen molar-refractivity contribution < 1.29 is 13.9 Å². The van der Waals surface area contributed by atoms with Crippen molar-refractivity contribution in [3.8, 4) is 0 Å². The molecule has 2 aromatic rings. The molecule has 0 spiro atoms. The summed E-state index contributed by atoms with van der Waals surface area (Å²) in [6, 6.07) is 10.8. The van der Waals surface area contributed by atoms with Crippen molar-refractivity contribution in [3.05, 3.63) is 58.9 Å². The van der Waals surface area contributed by atoms with Crippen LogP contribution in [0, 0.1) is 5.82 Å². The van der Waals surface area contributed by atoms with Gasteiger partial charge in [0, 0.05) is 11.4 Å². The lowest BCUT2D eigenvalue weighted by atomic mass is 10.2. The van der Waals surface area contributed by atoms with Crippen LogP contribution in [0.3, 0.4) is 0 Å². The predicted molar refractivity (Wildman–Crippen MR) is 89.0 cm³/mol. The van der Waals surface area contributed by atoms with E-state index in [0.717, 1.165) is 0 Å². The third kappa shape index (κ3) is 4.16. The first kappa shape index (κ1) is 16.2. The van der Waals surface area contributed by atoms with Gasteiger partial charge in [0.25, 0.3) is 0 Å². The number of hydrogen-bond donors (Lipinski definition) is 2. The molecule has 0 aliphatic carbocycles. The number of anilines is 2. The van der Waals surface area contributed by atoms with Gasteiger partial charge in [-0.3, -0.25) is 0 Å². The fourth-order valence-corrected chi connectivity index (χ4v) is 2.09. The van der Waals surface area contributed by atoms with E-state index in [0.29, 0.717) is 22.1 Å². The summed E-state index contributed by atoms with van der Waals surface area (Å²) in [6.45, 7) is 0. The van der Waals surface area contributed by atoms with Crippen molar-refractivity contribution >= 4 is 46.3 Å². The smallest absolute Gasteiger partial charge is 0.337 e. The van der Waals surface area contributed by atoms with Crippen LogP contribution in [0.25, 0.3) is 0 Å². The van der Waals surface area contributed by atoms with Gasteiger partial charge in [0.2, 0.25) is 0 Å². The monoisotopic (exact) mass is 338 g/mol. The van der Waals surface area contributed by atoms with E-state index in [-0.39, 0.29) is 5.02 Å². The number of methoxy groups -OCH3 is 1. The van der Waals surface area contributed by atoms with Gasteiger partial charge in [0.05, 0.1) is 17.7 Å². The van der Waals surface area contributed by atoms with Gasteiger partial charge in [-0.2, -0.15) is 0 Å². The van der Waals surface area contributed by atoms with Gasteiger partial charge in [-0.1, -0.05) is 11.6 Å². The summed E-state index contributed by atoms with van der Waals surface area (Å²) in [5.74, 6) is -0.905. The Morgan fingerprint density at radius 1 is 1.14 bits per heavy atom. The Morgan fingerprint density at radius 2 is 1.73 bits per heavy atom. The highest BCUT2D eigenvalue weighted by Crippen LogP contribution is 2.19. The maximum Gasteiger partial charge on any atom is 0.337 e. The van der Waals surface area contributed by atoms with Gasteiger partial charge in [-0.05, 0) is 54.7 Å². The van der Waals surface area contributed by atoms with Crippen LogP contribution in [0.15, 0.2) is 42.5 Å². The number of carbonyl (C=O) groups is 1. The molecule has 2 N–H and O–H groups in total.